The Balaban J connectivity index is 1.57. The number of nitrogen functional groups attached to an aromatic ring is 1. The molecule has 2 amide bonds. The third-order valence-corrected chi connectivity index (χ3v) is 7.99. The maximum absolute atomic E-state index is 15.7. The molecule has 0 unspecified atom stereocenters. The number of aliphatic hydroxyl groups is 1. The van der Waals surface area contributed by atoms with Gasteiger partial charge in [0, 0.05) is 37.0 Å². The highest BCUT2D eigenvalue weighted by Gasteiger charge is 2.37. The fraction of sp³-hybridized carbons (Fsp3) is 0.269. The molecule has 0 saturated carbocycles. The SMILES string of the molecule is N#Cc1c(N)sc2c(F)ccc(-c3c(F)cc4c(c3Cl)OCC[C@H]3CN(C(=O)C#CCO)CCN3C4=O)c12. The predicted molar refractivity (Wildman–Crippen MR) is 138 cm³/mol. The second kappa shape index (κ2) is 10.1. The summed E-state index contributed by atoms with van der Waals surface area (Å²) in [5.41, 5.74) is 5.88. The van der Waals surface area contributed by atoms with Crippen LogP contribution in [-0.2, 0) is 4.79 Å². The molecule has 0 radical (unpaired) electrons. The third kappa shape index (κ3) is 4.19. The number of nitrogens with zero attached hydrogens (tertiary/aromatic N) is 3. The van der Waals surface area contributed by atoms with Gasteiger partial charge < -0.3 is 25.4 Å². The van der Waals surface area contributed by atoms with Crippen molar-refractivity contribution in [2.75, 3.05) is 38.6 Å². The van der Waals surface area contributed by atoms with Crippen molar-refractivity contribution in [3.63, 3.8) is 0 Å². The van der Waals surface area contributed by atoms with Gasteiger partial charge in [0.05, 0.1) is 33.5 Å². The van der Waals surface area contributed by atoms with Gasteiger partial charge in [-0.25, -0.2) is 8.78 Å². The van der Waals surface area contributed by atoms with Crippen LogP contribution < -0.4 is 10.5 Å². The van der Waals surface area contributed by atoms with Gasteiger partial charge in [-0.1, -0.05) is 23.6 Å². The van der Waals surface area contributed by atoms with Crippen molar-refractivity contribution in [3.8, 4) is 34.8 Å². The quantitative estimate of drug-likeness (QED) is 0.443. The van der Waals surface area contributed by atoms with Crippen LogP contribution >= 0.6 is 22.9 Å². The first-order chi connectivity index (χ1) is 18.3. The molecule has 3 aromatic rings. The highest BCUT2D eigenvalue weighted by Crippen LogP contribution is 2.47. The van der Waals surface area contributed by atoms with E-state index in [4.69, 9.17) is 27.2 Å². The minimum Gasteiger partial charge on any atom is -0.491 e. The van der Waals surface area contributed by atoms with E-state index < -0.39 is 36.1 Å². The number of nitrogens with two attached hydrogens (primary N) is 1. The molecule has 194 valence electrons. The number of carbonyl (C=O) groups excluding carboxylic acids is 2. The zero-order valence-corrected chi connectivity index (χ0v) is 21.3. The van der Waals surface area contributed by atoms with Gasteiger partial charge in [0.2, 0.25) is 0 Å². The molecule has 3 N–H and O–H groups in total. The molecule has 1 aromatic heterocycles. The van der Waals surface area contributed by atoms with E-state index >= 15 is 4.39 Å². The third-order valence-electron chi connectivity index (χ3n) is 6.61. The first-order valence-corrected chi connectivity index (χ1v) is 12.7. The van der Waals surface area contributed by atoms with Crippen LogP contribution in [0.2, 0.25) is 5.02 Å². The highest BCUT2D eigenvalue weighted by atomic mass is 35.5. The molecule has 1 saturated heterocycles. The number of piperazine rings is 1. The summed E-state index contributed by atoms with van der Waals surface area (Å²) < 4.78 is 36.2. The number of fused-ring (bicyclic) bond motifs is 3. The van der Waals surface area contributed by atoms with Crippen LogP contribution in [0.5, 0.6) is 5.75 Å². The van der Waals surface area contributed by atoms with Crippen LogP contribution in [0.4, 0.5) is 13.8 Å². The lowest BCUT2D eigenvalue weighted by Gasteiger charge is -2.42. The lowest BCUT2D eigenvalue weighted by Crippen LogP contribution is -2.57. The summed E-state index contributed by atoms with van der Waals surface area (Å²) in [4.78, 5) is 28.9. The van der Waals surface area contributed by atoms with Crippen molar-refractivity contribution >= 4 is 49.8 Å². The van der Waals surface area contributed by atoms with Crippen molar-refractivity contribution in [2.24, 2.45) is 0 Å². The van der Waals surface area contributed by atoms with E-state index in [9.17, 15) is 19.2 Å². The monoisotopic (exact) mass is 556 g/mol. The van der Waals surface area contributed by atoms with E-state index in [2.05, 4.69) is 11.8 Å². The summed E-state index contributed by atoms with van der Waals surface area (Å²) in [6.45, 7) is 0.296. The van der Waals surface area contributed by atoms with Gasteiger partial charge in [-0.3, -0.25) is 9.59 Å². The van der Waals surface area contributed by atoms with Gasteiger partial charge in [0.15, 0.2) is 5.75 Å². The van der Waals surface area contributed by atoms with Gasteiger partial charge in [0.25, 0.3) is 11.8 Å². The number of benzene rings is 2. The van der Waals surface area contributed by atoms with E-state index in [0.29, 0.717) is 6.42 Å². The molecule has 5 rings (SSSR count). The van der Waals surface area contributed by atoms with Gasteiger partial charge in [-0.05, 0) is 23.6 Å². The number of thiophene rings is 1. The molecule has 0 aliphatic carbocycles. The Kier molecular flexibility index (Phi) is 6.84. The Bertz CT molecular complexity index is 1610. The summed E-state index contributed by atoms with van der Waals surface area (Å²) in [5, 5.41) is 18.5. The second-order valence-corrected chi connectivity index (χ2v) is 10.1. The molecular formula is C26H19ClF2N4O4S. The summed E-state index contributed by atoms with van der Waals surface area (Å²) >= 11 is 7.54. The topological polar surface area (TPSA) is 120 Å². The molecule has 8 nitrogen and oxygen atoms in total. The zero-order chi connectivity index (χ0) is 27.1. The summed E-state index contributed by atoms with van der Waals surface area (Å²) in [6, 6.07) is 5.04. The van der Waals surface area contributed by atoms with Crippen LogP contribution in [0.1, 0.15) is 22.3 Å². The number of anilines is 1. The molecule has 0 bridgehead atoms. The number of halogens is 3. The molecule has 38 heavy (non-hydrogen) atoms. The van der Waals surface area contributed by atoms with E-state index in [1.807, 2.05) is 6.07 Å². The number of aliphatic hydroxyl groups excluding tert-OH is 1. The number of carbonyl (C=O) groups is 2. The van der Waals surface area contributed by atoms with Crippen LogP contribution in [0.25, 0.3) is 21.2 Å². The van der Waals surface area contributed by atoms with Gasteiger partial charge in [-0.2, -0.15) is 5.26 Å². The van der Waals surface area contributed by atoms with Crippen molar-refractivity contribution in [1.82, 2.24) is 9.80 Å². The summed E-state index contributed by atoms with van der Waals surface area (Å²) in [7, 11) is 0. The van der Waals surface area contributed by atoms with Gasteiger partial charge in [-0.15, -0.1) is 11.3 Å². The van der Waals surface area contributed by atoms with Crippen LogP contribution in [0.3, 0.4) is 0 Å². The van der Waals surface area contributed by atoms with Crippen LogP contribution in [0.15, 0.2) is 18.2 Å². The molecule has 0 spiro atoms. The van der Waals surface area contributed by atoms with E-state index in [1.165, 1.54) is 11.0 Å². The second-order valence-electron chi connectivity index (χ2n) is 8.68. The van der Waals surface area contributed by atoms with Crippen LogP contribution in [-0.4, -0.2) is 65.6 Å². The molecule has 2 aliphatic rings. The van der Waals surface area contributed by atoms with Gasteiger partial charge >= 0.3 is 0 Å². The highest BCUT2D eigenvalue weighted by molar-refractivity contribution is 7.23. The number of nitriles is 1. The van der Waals surface area contributed by atoms with E-state index in [0.717, 1.165) is 23.5 Å². The Morgan fingerprint density at radius 3 is 2.82 bits per heavy atom. The Labute approximate surface area is 224 Å². The normalized spacial score (nSPS) is 16.9. The maximum atomic E-state index is 15.7. The molecule has 2 aromatic carbocycles. The first-order valence-electron chi connectivity index (χ1n) is 11.5. The Hall–Kier alpha value is -3.90. The average Bonchev–Trinajstić information content (AvgIpc) is 3.25. The minimum absolute atomic E-state index is 0.0117. The lowest BCUT2D eigenvalue weighted by molar-refractivity contribution is -0.127. The standard InChI is InChI=1S/C26H19ClF2N4O4S/c27-22-21(14-3-4-17(28)24-20(14)16(11-30)25(31)38-24)18(29)10-15-23(22)37-9-5-13-12-32(19(35)2-1-8-34)6-7-33(13)26(15)36/h3-4,10,13,34H,5-9,12,31H2/t13-/m0/s1. The number of hydrogen-bond donors (Lipinski definition) is 2. The maximum Gasteiger partial charge on any atom is 0.298 e. The van der Waals surface area contributed by atoms with Crippen molar-refractivity contribution in [2.45, 2.75) is 12.5 Å². The molecule has 1 fully saturated rings. The smallest absolute Gasteiger partial charge is 0.298 e. The van der Waals surface area contributed by atoms with Gasteiger partial charge in [0.1, 0.15) is 29.3 Å². The van der Waals surface area contributed by atoms with Crippen LogP contribution in [0, 0.1) is 34.8 Å². The number of hydrogen-bond acceptors (Lipinski definition) is 7. The Morgan fingerprint density at radius 2 is 2.08 bits per heavy atom. The predicted octanol–water partition coefficient (Wildman–Crippen LogP) is 3.38. The average molecular weight is 557 g/mol. The molecule has 3 heterocycles. The van der Waals surface area contributed by atoms with E-state index in [-0.39, 0.29) is 74.4 Å². The molecule has 2 aliphatic heterocycles. The van der Waals surface area contributed by atoms with E-state index in [1.54, 1.807) is 4.90 Å². The Morgan fingerprint density at radius 1 is 1.29 bits per heavy atom. The summed E-state index contributed by atoms with van der Waals surface area (Å²) in [6.07, 6.45) is 0.367. The number of amides is 2. The lowest BCUT2D eigenvalue weighted by atomic mass is 9.95. The molecular weight excluding hydrogens is 538 g/mol. The largest absolute Gasteiger partial charge is 0.491 e. The number of rotatable bonds is 1. The molecule has 1 atom stereocenters. The fourth-order valence-corrected chi connectivity index (χ4v) is 6.15. The summed E-state index contributed by atoms with van der Waals surface area (Å²) in [5.74, 6) is 2.24. The fourth-order valence-electron chi connectivity index (χ4n) is 4.86. The molecule has 12 heteroatoms. The van der Waals surface area contributed by atoms with Crippen molar-refractivity contribution in [1.29, 1.82) is 5.26 Å². The zero-order valence-electron chi connectivity index (χ0n) is 19.7. The van der Waals surface area contributed by atoms with Crippen molar-refractivity contribution in [3.05, 3.63) is 46.0 Å². The number of ether oxygens (including phenoxy) is 1. The first kappa shape index (κ1) is 25.7. The van der Waals surface area contributed by atoms with Crippen molar-refractivity contribution < 1.29 is 28.2 Å². The minimum atomic E-state index is -0.850.